The number of nitrogens with zero attached hydrogens (tertiary/aromatic N) is 3. The summed E-state index contributed by atoms with van der Waals surface area (Å²) < 4.78 is 1.65. The molecule has 1 aliphatic rings. The van der Waals surface area contributed by atoms with Crippen LogP contribution in [-0.2, 0) is 7.05 Å². The number of amides is 1. The Balaban J connectivity index is 1.36. The molecular weight excluding hydrogens is 462 g/mol. The first-order chi connectivity index (χ1) is 18.0. The number of aromatic nitrogens is 4. The summed E-state index contributed by atoms with van der Waals surface area (Å²) in [4.78, 5) is 30.2. The van der Waals surface area contributed by atoms with Crippen LogP contribution in [-0.4, -0.2) is 25.7 Å². The van der Waals surface area contributed by atoms with E-state index in [1.807, 2.05) is 55.5 Å². The normalized spacial score (nSPS) is 14.9. The average Bonchev–Trinajstić information content (AvgIpc) is 3.61. The second kappa shape index (κ2) is 9.32. The van der Waals surface area contributed by atoms with Gasteiger partial charge in [-0.25, -0.2) is 0 Å². The van der Waals surface area contributed by atoms with Crippen molar-refractivity contribution in [3.05, 3.63) is 94.0 Å². The monoisotopic (exact) mass is 491 g/mol. The Bertz CT molecular complexity index is 1680. The van der Waals surface area contributed by atoms with E-state index in [1.165, 1.54) is 12.8 Å². The van der Waals surface area contributed by atoms with E-state index >= 15 is 0 Å². The zero-order valence-electron chi connectivity index (χ0n) is 21.0. The molecule has 7 heteroatoms. The van der Waals surface area contributed by atoms with Gasteiger partial charge in [-0.05, 0) is 73.7 Å². The van der Waals surface area contributed by atoms with E-state index in [9.17, 15) is 9.59 Å². The van der Waals surface area contributed by atoms with Gasteiger partial charge < -0.3 is 9.88 Å². The Kier molecular flexibility index (Phi) is 5.83. The van der Waals surface area contributed by atoms with Gasteiger partial charge in [0.1, 0.15) is 0 Å². The van der Waals surface area contributed by atoms with Gasteiger partial charge in [0, 0.05) is 41.2 Å². The minimum Gasteiger partial charge on any atom is -0.343 e. The Morgan fingerprint density at radius 1 is 1.05 bits per heavy atom. The molecule has 1 atom stereocenters. The number of nitrogens with one attached hydrogen (secondary N) is 2. The first kappa shape index (κ1) is 23.2. The molecule has 0 unspecified atom stereocenters. The molecule has 2 N–H and O–H groups in total. The molecule has 0 saturated heterocycles. The molecule has 1 saturated carbocycles. The molecule has 7 nitrogen and oxygen atoms in total. The molecular formula is C30H29N5O2. The van der Waals surface area contributed by atoms with Crippen molar-refractivity contribution in [3.8, 4) is 11.3 Å². The smallest absolute Gasteiger partial charge is 0.251 e. The second-order valence-corrected chi connectivity index (χ2v) is 10.0. The van der Waals surface area contributed by atoms with E-state index in [4.69, 9.17) is 0 Å². The van der Waals surface area contributed by atoms with Crippen molar-refractivity contribution in [3.63, 3.8) is 0 Å². The van der Waals surface area contributed by atoms with E-state index < -0.39 is 0 Å². The maximum absolute atomic E-state index is 13.5. The van der Waals surface area contributed by atoms with Crippen LogP contribution in [0.1, 0.15) is 53.3 Å². The molecule has 6 rings (SSSR count). The number of aromatic amines is 1. The van der Waals surface area contributed by atoms with Gasteiger partial charge in [0.05, 0.1) is 28.5 Å². The largest absolute Gasteiger partial charge is 0.343 e. The van der Waals surface area contributed by atoms with Crippen molar-refractivity contribution < 1.29 is 4.79 Å². The van der Waals surface area contributed by atoms with Gasteiger partial charge in [-0.15, -0.1) is 0 Å². The molecule has 0 bridgehead atoms. The van der Waals surface area contributed by atoms with Gasteiger partial charge in [-0.2, -0.15) is 5.10 Å². The van der Waals surface area contributed by atoms with Crippen LogP contribution in [0.3, 0.4) is 0 Å². The summed E-state index contributed by atoms with van der Waals surface area (Å²) in [5.41, 5.74) is 5.84. The number of fused-ring (bicyclic) bond motifs is 2. The molecule has 1 amide bonds. The van der Waals surface area contributed by atoms with Gasteiger partial charge in [0.15, 0.2) is 0 Å². The highest BCUT2D eigenvalue weighted by Crippen LogP contribution is 2.35. The maximum atomic E-state index is 13.5. The van der Waals surface area contributed by atoms with Crippen molar-refractivity contribution in [1.82, 2.24) is 25.1 Å². The van der Waals surface area contributed by atoms with Crippen LogP contribution in [0.2, 0.25) is 0 Å². The SMILES string of the molecule is Cc1cc(=O)n(C)c2ccc(-c3n[nH]c4ccc(C(=O)N[C@H](c5ccccn5)C5CCCC5)cc34)cc12. The Morgan fingerprint density at radius 2 is 1.89 bits per heavy atom. The fourth-order valence-electron chi connectivity index (χ4n) is 5.65. The quantitative estimate of drug-likeness (QED) is 0.342. The Hall–Kier alpha value is -4.26. The molecule has 3 heterocycles. The lowest BCUT2D eigenvalue weighted by Crippen LogP contribution is -2.33. The van der Waals surface area contributed by atoms with Crippen LogP contribution in [0, 0.1) is 12.8 Å². The molecule has 186 valence electrons. The number of carbonyl (C=O) groups is 1. The summed E-state index contributed by atoms with van der Waals surface area (Å²) >= 11 is 0. The molecule has 5 aromatic rings. The van der Waals surface area contributed by atoms with Crippen LogP contribution in [0.15, 0.2) is 71.7 Å². The summed E-state index contributed by atoms with van der Waals surface area (Å²) in [6.07, 6.45) is 6.36. The highest BCUT2D eigenvalue weighted by atomic mass is 16.1. The predicted octanol–water partition coefficient (Wildman–Crippen LogP) is 5.45. The molecule has 3 aromatic heterocycles. The fraction of sp³-hybridized carbons (Fsp3) is 0.267. The molecule has 1 aliphatic carbocycles. The van der Waals surface area contributed by atoms with Crippen LogP contribution in [0.25, 0.3) is 33.1 Å². The lowest BCUT2D eigenvalue weighted by molar-refractivity contribution is 0.0920. The van der Waals surface area contributed by atoms with Crippen molar-refractivity contribution >= 4 is 27.7 Å². The molecule has 1 fully saturated rings. The summed E-state index contributed by atoms with van der Waals surface area (Å²) in [6, 6.07) is 19.1. The van der Waals surface area contributed by atoms with Crippen molar-refractivity contribution in [2.75, 3.05) is 0 Å². The van der Waals surface area contributed by atoms with Crippen LogP contribution >= 0.6 is 0 Å². The number of pyridine rings is 2. The second-order valence-electron chi connectivity index (χ2n) is 10.0. The van der Waals surface area contributed by atoms with E-state index in [-0.39, 0.29) is 17.5 Å². The number of benzene rings is 2. The molecule has 0 radical (unpaired) electrons. The van der Waals surface area contributed by atoms with Gasteiger partial charge in [-0.1, -0.05) is 25.0 Å². The van der Waals surface area contributed by atoms with Gasteiger partial charge >= 0.3 is 0 Å². The molecule has 2 aromatic carbocycles. The average molecular weight is 492 g/mol. The Morgan fingerprint density at radius 3 is 2.68 bits per heavy atom. The fourth-order valence-corrected chi connectivity index (χ4v) is 5.65. The number of hydrogen-bond donors (Lipinski definition) is 2. The molecule has 37 heavy (non-hydrogen) atoms. The summed E-state index contributed by atoms with van der Waals surface area (Å²) in [7, 11) is 1.78. The third-order valence-electron chi connectivity index (χ3n) is 7.72. The van der Waals surface area contributed by atoms with Crippen molar-refractivity contribution in [2.45, 2.75) is 38.6 Å². The first-order valence-electron chi connectivity index (χ1n) is 12.8. The summed E-state index contributed by atoms with van der Waals surface area (Å²) in [6.45, 7) is 1.95. The van der Waals surface area contributed by atoms with Crippen molar-refractivity contribution in [2.24, 2.45) is 13.0 Å². The lowest BCUT2D eigenvalue weighted by atomic mass is 9.94. The summed E-state index contributed by atoms with van der Waals surface area (Å²) in [5.74, 6) is 0.282. The zero-order valence-corrected chi connectivity index (χ0v) is 21.0. The van der Waals surface area contributed by atoms with Crippen LogP contribution < -0.4 is 10.9 Å². The number of hydrogen-bond acceptors (Lipinski definition) is 4. The Labute approximate surface area is 214 Å². The first-order valence-corrected chi connectivity index (χ1v) is 12.8. The molecule has 0 aliphatic heterocycles. The topological polar surface area (TPSA) is 92.7 Å². The van der Waals surface area contributed by atoms with E-state index in [1.54, 1.807) is 23.9 Å². The highest BCUT2D eigenvalue weighted by Gasteiger charge is 2.29. The van der Waals surface area contributed by atoms with E-state index in [2.05, 4.69) is 26.6 Å². The molecule has 0 spiro atoms. The minimum atomic E-state index is -0.110. The van der Waals surface area contributed by atoms with Crippen LogP contribution in [0.5, 0.6) is 0 Å². The number of rotatable bonds is 5. The lowest BCUT2D eigenvalue weighted by Gasteiger charge is -2.24. The number of carbonyl (C=O) groups excluding carboxylic acids is 1. The zero-order chi connectivity index (χ0) is 25.5. The van der Waals surface area contributed by atoms with Gasteiger partial charge in [0.25, 0.3) is 11.5 Å². The third kappa shape index (κ3) is 4.20. The third-order valence-corrected chi connectivity index (χ3v) is 7.72. The maximum Gasteiger partial charge on any atom is 0.251 e. The van der Waals surface area contributed by atoms with Crippen LogP contribution in [0.4, 0.5) is 0 Å². The standard InChI is InChI=1S/C30H29N5O2/c1-18-15-27(36)35(2)26-13-11-20(16-22(18)26)28-23-17-21(10-12-24(23)33-34-28)30(37)32-29(19-7-3-4-8-19)25-9-5-6-14-31-25/h5-6,9-17,19,29H,3-4,7-8H2,1-2H3,(H,32,37)(H,33,34)/t29-/m0/s1. The van der Waals surface area contributed by atoms with Gasteiger partial charge in [0.2, 0.25) is 0 Å². The van der Waals surface area contributed by atoms with Gasteiger partial charge in [-0.3, -0.25) is 19.7 Å². The highest BCUT2D eigenvalue weighted by molar-refractivity contribution is 6.02. The minimum absolute atomic E-state index is 0.0276. The number of H-pyrrole nitrogens is 1. The van der Waals surface area contributed by atoms with E-state index in [0.717, 1.165) is 57.2 Å². The summed E-state index contributed by atoms with van der Waals surface area (Å²) in [5, 5.41) is 12.8. The van der Waals surface area contributed by atoms with Crippen molar-refractivity contribution in [1.29, 1.82) is 0 Å². The van der Waals surface area contributed by atoms with E-state index in [0.29, 0.717) is 11.5 Å². The number of aryl methyl sites for hydroxylation is 2. The predicted molar refractivity (Wildman–Crippen MR) is 145 cm³/mol.